The van der Waals surface area contributed by atoms with E-state index in [1.54, 1.807) is 0 Å². The Hall–Kier alpha value is -1.29. The first kappa shape index (κ1) is 13.8. The van der Waals surface area contributed by atoms with E-state index >= 15 is 0 Å². The lowest BCUT2D eigenvalue weighted by Gasteiger charge is -2.20. The molecule has 0 aliphatic rings. The van der Waals surface area contributed by atoms with E-state index in [1.165, 1.54) is 6.07 Å². The van der Waals surface area contributed by atoms with Gasteiger partial charge in [0.1, 0.15) is 11.6 Å². The third kappa shape index (κ3) is 4.23. The van der Waals surface area contributed by atoms with E-state index in [-0.39, 0.29) is 12.0 Å². The van der Waals surface area contributed by atoms with Gasteiger partial charge in [-0.2, -0.15) is 0 Å². The molecule has 0 aliphatic heterocycles. The average Bonchev–Trinajstić information content (AvgIpc) is 2.15. The molecule has 2 nitrogen and oxygen atoms in total. The molecule has 0 unspecified atom stereocenters. The second-order valence-corrected chi connectivity index (χ2v) is 4.95. The largest absolute Gasteiger partial charge is 0.312 e. The Morgan fingerprint density at radius 1 is 1.24 bits per heavy atom. The van der Waals surface area contributed by atoms with Gasteiger partial charge in [0.05, 0.1) is 5.56 Å². The van der Waals surface area contributed by atoms with Gasteiger partial charge in [-0.25, -0.2) is 8.78 Å². The quantitative estimate of drug-likeness (QED) is 0.821. The molecule has 0 amide bonds. The molecule has 0 aromatic heterocycles. The van der Waals surface area contributed by atoms with Crippen LogP contribution in [0.5, 0.6) is 0 Å². The van der Waals surface area contributed by atoms with Crippen molar-refractivity contribution >= 4 is 5.78 Å². The van der Waals surface area contributed by atoms with Crippen LogP contribution in [0.1, 0.15) is 37.6 Å². The summed E-state index contributed by atoms with van der Waals surface area (Å²) in [6.45, 7) is 6.28. The van der Waals surface area contributed by atoms with Crippen molar-refractivity contribution in [1.29, 1.82) is 0 Å². The first-order valence-corrected chi connectivity index (χ1v) is 5.53. The van der Waals surface area contributed by atoms with Crippen LogP contribution in [0.25, 0.3) is 0 Å². The van der Waals surface area contributed by atoms with Crippen LogP contribution in [-0.4, -0.2) is 17.9 Å². The zero-order valence-corrected chi connectivity index (χ0v) is 10.3. The maximum absolute atomic E-state index is 13.3. The molecule has 0 atom stereocenters. The average molecular weight is 241 g/mol. The van der Waals surface area contributed by atoms with Gasteiger partial charge in [0.25, 0.3) is 0 Å². The van der Waals surface area contributed by atoms with E-state index in [4.69, 9.17) is 0 Å². The topological polar surface area (TPSA) is 29.1 Å². The van der Waals surface area contributed by atoms with Crippen LogP contribution in [-0.2, 0) is 0 Å². The number of rotatable bonds is 4. The van der Waals surface area contributed by atoms with Crippen molar-refractivity contribution in [3.8, 4) is 0 Å². The predicted molar refractivity (Wildman–Crippen MR) is 63.1 cm³/mol. The number of carbonyl (C=O) groups is 1. The molecule has 0 radical (unpaired) electrons. The molecule has 17 heavy (non-hydrogen) atoms. The maximum atomic E-state index is 13.3. The summed E-state index contributed by atoms with van der Waals surface area (Å²) in [6, 6.07) is 3.43. The van der Waals surface area contributed by atoms with Gasteiger partial charge in [0, 0.05) is 18.5 Å². The Balaban J connectivity index is 2.65. The Morgan fingerprint density at radius 2 is 1.76 bits per heavy atom. The molecule has 0 bridgehead atoms. The highest BCUT2D eigenvalue weighted by Gasteiger charge is 2.17. The fourth-order valence-corrected chi connectivity index (χ4v) is 1.44. The second kappa shape index (κ2) is 5.36. The van der Waals surface area contributed by atoms with Crippen LogP contribution >= 0.6 is 0 Å². The lowest BCUT2D eigenvalue weighted by atomic mass is 10.1. The molecule has 0 saturated heterocycles. The van der Waals surface area contributed by atoms with Gasteiger partial charge in [0.2, 0.25) is 0 Å². The summed E-state index contributed by atoms with van der Waals surface area (Å²) in [7, 11) is 0. The summed E-state index contributed by atoms with van der Waals surface area (Å²) in [6.07, 6.45) is 0.0785. The number of ketones is 1. The molecule has 1 N–H and O–H groups in total. The Kier molecular flexibility index (Phi) is 4.34. The molecule has 4 heteroatoms. The number of benzene rings is 1. The minimum Gasteiger partial charge on any atom is -0.312 e. The van der Waals surface area contributed by atoms with Crippen molar-refractivity contribution in [1.82, 2.24) is 5.32 Å². The predicted octanol–water partition coefficient (Wildman–Crippen LogP) is 2.93. The number of hydrogen-bond donors (Lipinski definition) is 1. The summed E-state index contributed by atoms with van der Waals surface area (Å²) in [5.41, 5.74) is -0.558. The molecular weight excluding hydrogens is 224 g/mol. The van der Waals surface area contributed by atoms with Crippen molar-refractivity contribution in [2.24, 2.45) is 0 Å². The summed E-state index contributed by atoms with van der Waals surface area (Å²) in [5, 5.41) is 3.10. The van der Waals surface area contributed by atoms with E-state index in [0.717, 1.165) is 12.1 Å². The lowest BCUT2D eigenvalue weighted by Crippen LogP contribution is -2.37. The minimum atomic E-state index is -0.800. The second-order valence-electron chi connectivity index (χ2n) is 4.95. The van der Waals surface area contributed by atoms with Gasteiger partial charge in [-0.1, -0.05) is 6.07 Å². The molecule has 0 saturated carbocycles. The van der Waals surface area contributed by atoms with Crippen LogP contribution in [0.4, 0.5) is 8.78 Å². The number of hydrogen-bond acceptors (Lipinski definition) is 2. The molecule has 0 aliphatic carbocycles. The van der Waals surface area contributed by atoms with Crippen molar-refractivity contribution in [3.63, 3.8) is 0 Å². The Labute approximate surface area is 100 Å². The highest BCUT2D eigenvalue weighted by Crippen LogP contribution is 2.14. The summed E-state index contributed by atoms with van der Waals surface area (Å²) in [5.74, 6) is -2.12. The van der Waals surface area contributed by atoms with Gasteiger partial charge in [-0.05, 0) is 32.9 Å². The Morgan fingerprint density at radius 3 is 2.24 bits per heavy atom. The molecular formula is C13H17F2NO. The SMILES string of the molecule is CC(C)(C)NCCC(=O)c1c(F)cccc1F. The smallest absolute Gasteiger partial charge is 0.170 e. The standard InChI is InChI=1S/C13H17F2NO/c1-13(2,3)16-8-7-11(17)12-9(14)5-4-6-10(12)15/h4-6,16H,7-8H2,1-3H3. The molecule has 0 heterocycles. The highest BCUT2D eigenvalue weighted by molar-refractivity contribution is 5.96. The normalized spacial score (nSPS) is 11.6. The highest BCUT2D eigenvalue weighted by atomic mass is 19.1. The monoisotopic (exact) mass is 241 g/mol. The van der Waals surface area contributed by atoms with Gasteiger partial charge >= 0.3 is 0 Å². The number of carbonyl (C=O) groups excluding carboxylic acids is 1. The van der Waals surface area contributed by atoms with Gasteiger partial charge in [0.15, 0.2) is 5.78 Å². The number of halogens is 2. The third-order valence-electron chi connectivity index (χ3n) is 2.25. The van der Waals surface area contributed by atoms with Crippen molar-refractivity contribution < 1.29 is 13.6 Å². The molecule has 0 fully saturated rings. The van der Waals surface area contributed by atoms with E-state index in [9.17, 15) is 13.6 Å². The van der Waals surface area contributed by atoms with Crippen LogP contribution in [0.2, 0.25) is 0 Å². The minimum absolute atomic E-state index is 0.0785. The summed E-state index contributed by atoms with van der Waals surface area (Å²) >= 11 is 0. The molecule has 0 spiro atoms. The fourth-order valence-electron chi connectivity index (χ4n) is 1.44. The van der Waals surface area contributed by atoms with E-state index in [2.05, 4.69) is 5.32 Å². The summed E-state index contributed by atoms with van der Waals surface area (Å²) < 4.78 is 26.6. The number of nitrogens with one attached hydrogen (secondary N) is 1. The van der Waals surface area contributed by atoms with Gasteiger partial charge < -0.3 is 5.32 Å². The van der Waals surface area contributed by atoms with Gasteiger partial charge in [-0.3, -0.25) is 4.79 Å². The maximum Gasteiger partial charge on any atom is 0.170 e. The fraction of sp³-hybridized carbons (Fsp3) is 0.462. The van der Waals surface area contributed by atoms with Crippen LogP contribution in [0, 0.1) is 11.6 Å². The van der Waals surface area contributed by atoms with Crippen molar-refractivity contribution in [3.05, 3.63) is 35.4 Å². The third-order valence-corrected chi connectivity index (χ3v) is 2.25. The molecule has 1 aromatic carbocycles. The van der Waals surface area contributed by atoms with E-state index in [0.29, 0.717) is 6.54 Å². The zero-order chi connectivity index (χ0) is 13.1. The van der Waals surface area contributed by atoms with Crippen molar-refractivity contribution in [2.45, 2.75) is 32.7 Å². The first-order chi connectivity index (χ1) is 7.81. The van der Waals surface area contributed by atoms with Crippen LogP contribution in [0.3, 0.4) is 0 Å². The Bertz CT molecular complexity index is 390. The van der Waals surface area contributed by atoms with Gasteiger partial charge in [-0.15, -0.1) is 0 Å². The zero-order valence-electron chi connectivity index (χ0n) is 10.3. The molecule has 1 aromatic rings. The van der Waals surface area contributed by atoms with E-state index < -0.39 is 23.0 Å². The summed E-state index contributed by atoms with van der Waals surface area (Å²) in [4.78, 5) is 11.7. The number of Topliss-reactive ketones (excluding diaryl/α,β-unsaturated/α-hetero) is 1. The molecule has 1 rings (SSSR count). The first-order valence-electron chi connectivity index (χ1n) is 5.53. The molecule has 94 valence electrons. The van der Waals surface area contributed by atoms with Crippen molar-refractivity contribution in [2.75, 3.05) is 6.54 Å². The van der Waals surface area contributed by atoms with E-state index in [1.807, 2.05) is 20.8 Å². The van der Waals surface area contributed by atoms with Crippen LogP contribution < -0.4 is 5.32 Å². The lowest BCUT2D eigenvalue weighted by molar-refractivity contribution is 0.0972. The van der Waals surface area contributed by atoms with Crippen LogP contribution in [0.15, 0.2) is 18.2 Å².